The number of nitrogens with two attached hydrogens (primary N) is 1. The smallest absolute Gasteiger partial charge is 0.324 e. The van der Waals surface area contributed by atoms with Gasteiger partial charge in [0.1, 0.15) is 6.04 Å². The molecule has 3 nitrogen and oxygen atoms in total. The molecule has 0 bridgehead atoms. The highest BCUT2D eigenvalue weighted by Crippen LogP contribution is 2.30. The summed E-state index contributed by atoms with van der Waals surface area (Å²) >= 11 is 0. The molecule has 0 saturated carbocycles. The minimum Gasteiger partial charge on any atom is -0.324 e. The molecule has 0 heterocycles. The fourth-order valence-corrected chi connectivity index (χ4v) is 1.82. The Bertz CT molecular complexity index is 713. The summed E-state index contributed by atoms with van der Waals surface area (Å²) in [5.74, 6) is -3.00. The van der Waals surface area contributed by atoms with E-state index in [1.165, 1.54) is 0 Å². The molecule has 0 saturated heterocycles. The van der Waals surface area contributed by atoms with Crippen molar-refractivity contribution in [1.29, 1.82) is 0 Å². The van der Waals surface area contributed by atoms with Crippen molar-refractivity contribution in [1.82, 2.24) is 0 Å². The maximum absolute atomic E-state index is 13.1. The molecule has 0 aliphatic rings. The molecule has 0 aromatic heterocycles. The van der Waals surface area contributed by atoms with Crippen LogP contribution in [-0.2, 0) is 11.0 Å². The summed E-state index contributed by atoms with van der Waals surface area (Å²) in [7, 11) is 0. The topological polar surface area (TPSA) is 55.1 Å². The molecule has 2 rings (SSSR count). The first-order chi connectivity index (χ1) is 10.7. The van der Waals surface area contributed by atoms with Crippen LogP contribution in [0, 0.1) is 11.6 Å². The van der Waals surface area contributed by atoms with Gasteiger partial charge in [0.05, 0.1) is 5.56 Å². The van der Waals surface area contributed by atoms with Crippen LogP contribution in [-0.4, -0.2) is 5.91 Å². The standard InChI is InChI=1S/C15H11F5N2O/c16-11-6-1-8(7-12(11)17)13(21)14(23)22-10-4-2-9(3-5-10)15(18,19)20/h1-7,13H,21H2,(H,22,23). The third-order valence-electron chi connectivity index (χ3n) is 3.07. The summed E-state index contributed by atoms with van der Waals surface area (Å²) in [6.07, 6.45) is -4.48. The molecule has 3 N–H and O–H groups in total. The molecule has 1 unspecified atom stereocenters. The lowest BCUT2D eigenvalue weighted by molar-refractivity contribution is -0.137. The molecule has 0 fully saturated rings. The van der Waals surface area contributed by atoms with E-state index in [9.17, 15) is 26.7 Å². The average molecular weight is 330 g/mol. The van der Waals surface area contributed by atoms with Gasteiger partial charge in [-0.25, -0.2) is 8.78 Å². The third-order valence-corrected chi connectivity index (χ3v) is 3.07. The maximum Gasteiger partial charge on any atom is 0.416 e. The molecule has 2 aromatic rings. The molecule has 0 spiro atoms. The zero-order chi connectivity index (χ0) is 17.2. The van der Waals surface area contributed by atoms with Gasteiger partial charge in [-0.3, -0.25) is 4.79 Å². The lowest BCUT2D eigenvalue weighted by Gasteiger charge is -2.13. The van der Waals surface area contributed by atoms with Crippen molar-refractivity contribution in [3.63, 3.8) is 0 Å². The average Bonchev–Trinajstić information content (AvgIpc) is 2.49. The second kappa shape index (κ2) is 6.33. The Morgan fingerprint density at radius 1 is 1.00 bits per heavy atom. The molecule has 0 radical (unpaired) electrons. The number of benzene rings is 2. The quantitative estimate of drug-likeness (QED) is 0.845. The number of hydrogen-bond donors (Lipinski definition) is 2. The zero-order valence-electron chi connectivity index (χ0n) is 11.5. The summed E-state index contributed by atoms with van der Waals surface area (Å²) in [6.45, 7) is 0. The first kappa shape index (κ1) is 16.9. The summed E-state index contributed by atoms with van der Waals surface area (Å²) in [6, 6.07) is 5.21. The van der Waals surface area contributed by atoms with E-state index in [1.807, 2.05) is 0 Å². The molecular formula is C15H11F5N2O. The first-order valence-corrected chi connectivity index (χ1v) is 6.37. The highest BCUT2D eigenvalue weighted by atomic mass is 19.4. The zero-order valence-corrected chi connectivity index (χ0v) is 11.5. The highest BCUT2D eigenvalue weighted by molar-refractivity contribution is 5.95. The van der Waals surface area contributed by atoms with E-state index in [-0.39, 0.29) is 11.3 Å². The summed E-state index contributed by atoms with van der Waals surface area (Å²) in [4.78, 5) is 11.9. The minimum absolute atomic E-state index is 0.0355. The van der Waals surface area contributed by atoms with Crippen LogP contribution in [0.15, 0.2) is 42.5 Å². The van der Waals surface area contributed by atoms with Crippen LogP contribution in [0.5, 0.6) is 0 Å². The van der Waals surface area contributed by atoms with Gasteiger partial charge in [-0.2, -0.15) is 13.2 Å². The number of alkyl halides is 3. The molecule has 1 amide bonds. The van der Waals surface area contributed by atoms with Gasteiger partial charge in [0.25, 0.3) is 0 Å². The molecular weight excluding hydrogens is 319 g/mol. The molecule has 122 valence electrons. The number of carbonyl (C=O) groups is 1. The van der Waals surface area contributed by atoms with Gasteiger partial charge < -0.3 is 11.1 Å². The molecule has 2 aromatic carbocycles. The van der Waals surface area contributed by atoms with Crippen LogP contribution in [0.4, 0.5) is 27.6 Å². The van der Waals surface area contributed by atoms with E-state index in [1.54, 1.807) is 0 Å². The van der Waals surface area contributed by atoms with Gasteiger partial charge in [0, 0.05) is 5.69 Å². The van der Waals surface area contributed by atoms with Gasteiger partial charge in [-0.1, -0.05) is 6.07 Å². The van der Waals surface area contributed by atoms with E-state index >= 15 is 0 Å². The molecule has 23 heavy (non-hydrogen) atoms. The minimum atomic E-state index is -4.48. The van der Waals surface area contributed by atoms with Crippen LogP contribution in [0.1, 0.15) is 17.2 Å². The Kier molecular flexibility index (Phi) is 4.65. The van der Waals surface area contributed by atoms with Gasteiger partial charge in [-0.05, 0) is 42.0 Å². The fourth-order valence-electron chi connectivity index (χ4n) is 1.82. The summed E-state index contributed by atoms with van der Waals surface area (Å²) < 4.78 is 63.2. The molecule has 0 aliphatic carbocycles. The highest BCUT2D eigenvalue weighted by Gasteiger charge is 2.30. The van der Waals surface area contributed by atoms with Crippen molar-refractivity contribution in [2.75, 3.05) is 5.32 Å². The van der Waals surface area contributed by atoms with E-state index < -0.39 is 35.3 Å². The van der Waals surface area contributed by atoms with Crippen LogP contribution >= 0.6 is 0 Å². The van der Waals surface area contributed by atoms with Crippen molar-refractivity contribution in [2.45, 2.75) is 12.2 Å². The number of nitrogens with one attached hydrogen (secondary N) is 1. The van der Waals surface area contributed by atoms with Gasteiger partial charge >= 0.3 is 6.18 Å². The SMILES string of the molecule is NC(C(=O)Nc1ccc(C(F)(F)F)cc1)c1ccc(F)c(F)c1. The van der Waals surface area contributed by atoms with Gasteiger partial charge in [0.15, 0.2) is 11.6 Å². The Morgan fingerprint density at radius 2 is 1.61 bits per heavy atom. The number of amides is 1. The number of anilines is 1. The predicted octanol–water partition coefficient (Wildman–Crippen LogP) is 3.62. The van der Waals surface area contributed by atoms with E-state index in [0.717, 1.165) is 42.5 Å². The Hall–Kier alpha value is -2.48. The summed E-state index contributed by atoms with van der Waals surface area (Å²) in [5.41, 5.74) is 4.90. The van der Waals surface area contributed by atoms with E-state index in [0.29, 0.717) is 0 Å². The number of halogens is 5. The van der Waals surface area contributed by atoms with Crippen molar-refractivity contribution < 1.29 is 26.7 Å². The van der Waals surface area contributed by atoms with Crippen molar-refractivity contribution in [2.24, 2.45) is 5.73 Å². The summed E-state index contributed by atoms with van der Waals surface area (Å²) in [5, 5.41) is 2.31. The Labute approximate surface area is 127 Å². The van der Waals surface area contributed by atoms with Crippen molar-refractivity contribution >= 4 is 11.6 Å². The number of rotatable bonds is 3. The fraction of sp³-hybridized carbons (Fsp3) is 0.133. The van der Waals surface area contributed by atoms with Crippen LogP contribution in [0.3, 0.4) is 0 Å². The Balaban J connectivity index is 2.10. The molecule has 0 aliphatic heterocycles. The number of carbonyl (C=O) groups excluding carboxylic acids is 1. The normalized spacial score (nSPS) is 12.8. The lowest BCUT2D eigenvalue weighted by atomic mass is 10.1. The molecule has 1 atom stereocenters. The van der Waals surface area contributed by atoms with Crippen LogP contribution in [0.25, 0.3) is 0 Å². The maximum atomic E-state index is 13.1. The van der Waals surface area contributed by atoms with Crippen LogP contribution < -0.4 is 11.1 Å². The van der Waals surface area contributed by atoms with Gasteiger partial charge in [-0.15, -0.1) is 0 Å². The van der Waals surface area contributed by atoms with E-state index in [4.69, 9.17) is 5.73 Å². The first-order valence-electron chi connectivity index (χ1n) is 6.37. The third kappa shape index (κ3) is 4.04. The van der Waals surface area contributed by atoms with E-state index in [2.05, 4.69) is 5.32 Å². The van der Waals surface area contributed by atoms with Crippen molar-refractivity contribution in [3.8, 4) is 0 Å². The number of hydrogen-bond acceptors (Lipinski definition) is 2. The predicted molar refractivity (Wildman–Crippen MR) is 73.4 cm³/mol. The largest absolute Gasteiger partial charge is 0.416 e. The Morgan fingerprint density at radius 3 is 2.13 bits per heavy atom. The van der Waals surface area contributed by atoms with Crippen molar-refractivity contribution in [3.05, 3.63) is 65.2 Å². The van der Waals surface area contributed by atoms with Crippen LogP contribution in [0.2, 0.25) is 0 Å². The molecule has 8 heteroatoms. The monoisotopic (exact) mass is 330 g/mol. The lowest BCUT2D eigenvalue weighted by Crippen LogP contribution is -2.27. The van der Waals surface area contributed by atoms with Gasteiger partial charge in [0.2, 0.25) is 5.91 Å². The second-order valence-electron chi connectivity index (χ2n) is 4.72. The second-order valence-corrected chi connectivity index (χ2v) is 4.72.